The molecule has 0 aromatic carbocycles. The van der Waals surface area contributed by atoms with Gasteiger partial charge in [0, 0.05) is 32.5 Å². The van der Waals surface area contributed by atoms with E-state index in [0.717, 1.165) is 38.8 Å². The van der Waals surface area contributed by atoms with Crippen molar-refractivity contribution < 1.29 is 33.7 Å². The largest absolute Gasteiger partial charge is 0.465 e. The van der Waals surface area contributed by atoms with Gasteiger partial charge in [-0.3, -0.25) is 14.4 Å². The van der Waals surface area contributed by atoms with Crippen molar-refractivity contribution in [3.63, 3.8) is 0 Å². The third-order valence-corrected chi connectivity index (χ3v) is 18.6. The van der Waals surface area contributed by atoms with Crippen molar-refractivity contribution in [1.82, 2.24) is 4.90 Å². The molecule has 1 aliphatic carbocycles. The summed E-state index contributed by atoms with van der Waals surface area (Å²) in [6.07, 6.45) is 61.6. The number of carbonyl (C=O) groups excluding carboxylic acids is 3. The van der Waals surface area contributed by atoms with Gasteiger partial charge in [-0.2, -0.15) is 0 Å². The number of hydrogen-bond acceptors (Lipinski definition) is 8. The molecule has 1 saturated heterocycles. The summed E-state index contributed by atoms with van der Waals surface area (Å²) < 4.78 is 17.3. The summed E-state index contributed by atoms with van der Waals surface area (Å²) in [7, 11) is 2.16. The normalized spacial score (nSPS) is 17.3. The maximum absolute atomic E-state index is 12.8. The summed E-state index contributed by atoms with van der Waals surface area (Å²) in [5, 5.41) is 9.69. The Hall–Kier alpha value is -1.67. The number of aliphatic hydroxyl groups excluding tert-OH is 1. The highest BCUT2D eigenvalue weighted by Gasteiger charge is 2.59. The predicted molar refractivity (Wildman–Crippen MR) is 347 cm³/mol. The second-order valence-corrected chi connectivity index (χ2v) is 26.5. The van der Waals surface area contributed by atoms with Gasteiger partial charge in [0.25, 0.3) is 0 Å². The van der Waals surface area contributed by atoms with Gasteiger partial charge in [-0.1, -0.05) is 286 Å². The molecule has 480 valence electrons. The molecule has 0 aromatic heterocycles. The first-order valence-electron chi connectivity index (χ1n) is 36.4. The summed E-state index contributed by atoms with van der Waals surface area (Å²) >= 11 is 0. The van der Waals surface area contributed by atoms with E-state index < -0.39 is 0 Å². The number of hydrogen-bond donors (Lipinski definition) is 1. The van der Waals surface area contributed by atoms with Crippen molar-refractivity contribution >= 4 is 17.9 Å². The van der Waals surface area contributed by atoms with Crippen LogP contribution >= 0.6 is 0 Å². The van der Waals surface area contributed by atoms with Crippen LogP contribution in [0.25, 0.3) is 0 Å². The molecule has 1 heterocycles. The van der Waals surface area contributed by atoms with E-state index in [4.69, 9.17) is 14.2 Å². The van der Waals surface area contributed by atoms with Gasteiger partial charge in [-0.05, 0) is 107 Å². The lowest BCUT2D eigenvalue weighted by atomic mass is 9.94. The lowest BCUT2D eigenvalue weighted by molar-refractivity contribution is -0.148. The zero-order chi connectivity index (χ0) is 59.1. The third-order valence-electron chi connectivity index (χ3n) is 18.6. The number of rotatable bonds is 60. The summed E-state index contributed by atoms with van der Waals surface area (Å²) in [5.41, 5.74) is 0. The Bertz CT molecular complexity index is 1360. The van der Waals surface area contributed by atoms with Gasteiger partial charge in [-0.15, -0.1) is 0 Å². The highest BCUT2D eigenvalue weighted by Crippen LogP contribution is 2.52. The van der Waals surface area contributed by atoms with E-state index >= 15 is 0 Å². The average molecular weight is 1140 g/mol. The summed E-state index contributed by atoms with van der Waals surface area (Å²) in [6, 6.07) is 0. The molecule has 1 saturated carbocycles. The van der Waals surface area contributed by atoms with Gasteiger partial charge in [0.1, 0.15) is 0 Å². The van der Waals surface area contributed by atoms with E-state index in [-0.39, 0.29) is 23.8 Å². The first-order chi connectivity index (χ1) is 39.7. The third kappa shape index (κ3) is 46.3. The van der Waals surface area contributed by atoms with Crippen molar-refractivity contribution in [2.45, 2.75) is 363 Å². The Labute approximate surface area is 504 Å². The number of likely N-dealkylation sites (tertiary alicyclic amines) is 1. The van der Waals surface area contributed by atoms with Crippen LogP contribution in [0, 0.1) is 41.4 Å². The number of ether oxygens (including phenoxy) is 3. The highest BCUT2D eigenvalue weighted by atomic mass is 16.5. The molecule has 0 bridgehead atoms. The Morgan fingerprint density at radius 3 is 0.901 bits per heavy atom. The smallest absolute Gasteiger partial charge is 0.309 e. The molecule has 2 rings (SSSR count). The molecule has 1 aliphatic heterocycles. The molecule has 8 heteroatoms. The van der Waals surface area contributed by atoms with Crippen LogP contribution in [0.1, 0.15) is 363 Å². The maximum atomic E-state index is 12.8. The number of unbranched alkanes of at least 4 members (excludes halogenated alkanes) is 32. The van der Waals surface area contributed by atoms with E-state index in [0.29, 0.717) is 74.8 Å². The lowest BCUT2D eigenvalue weighted by Crippen LogP contribution is -2.24. The molecule has 81 heavy (non-hydrogen) atoms. The summed E-state index contributed by atoms with van der Waals surface area (Å²) in [4.78, 5) is 39.6. The van der Waals surface area contributed by atoms with Crippen LogP contribution in [0.5, 0.6) is 0 Å². The van der Waals surface area contributed by atoms with E-state index in [1.165, 1.54) is 283 Å². The van der Waals surface area contributed by atoms with Crippen molar-refractivity contribution in [2.24, 2.45) is 41.4 Å². The number of carbonyl (C=O) groups is 3. The molecule has 7 atom stereocenters. The molecule has 5 unspecified atom stereocenters. The van der Waals surface area contributed by atoms with Crippen LogP contribution < -0.4 is 0 Å². The summed E-state index contributed by atoms with van der Waals surface area (Å²) in [6.45, 7) is 17.9. The van der Waals surface area contributed by atoms with Crippen LogP contribution in [-0.2, 0) is 28.6 Å². The van der Waals surface area contributed by atoms with Gasteiger partial charge in [0.15, 0.2) is 0 Å². The quantitative estimate of drug-likeness (QED) is 0.0365. The van der Waals surface area contributed by atoms with Crippen LogP contribution in [-0.4, -0.2) is 74.5 Å². The number of aliphatic hydroxyl groups is 1. The van der Waals surface area contributed by atoms with Crippen molar-refractivity contribution in [3.05, 3.63) is 0 Å². The number of piperidine rings is 1. The van der Waals surface area contributed by atoms with Gasteiger partial charge in [0.2, 0.25) is 0 Å². The molecule has 2 aliphatic rings. The fraction of sp³-hybridized carbons (Fsp3) is 0.959. The number of esters is 3. The fourth-order valence-electron chi connectivity index (χ4n) is 12.9. The average Bonchev–Trinajstić information content (AvgIpc) is 4.20. The predicted octanol–water partition coefficient (Wildman–Crippen LogP) is 21.5. The van der Waals surface area contributed by atoms with Gasteiger partial charge >= 0.3 is 17.9 Å². The maximum Gasteiger partial charge on any atom is 0.309 e. The minimum absolute atomic E-state index is 0.00486. The molecule has 0 amide bonds. The summed E-state index contributed by atoms with van der Waals surface area (Å²) in [5.74, 6) is 3.51. The monoisotopic (exact) mass is 1140 g/mol. The molecule has 1 N–H and O–H groups in total. The molecule has 8 nitrogen and oxygen atoms in total. The van der Waals surface area contributed by atoms with Crippen LogP contribution in [0.15, 0.2) is 0 Å². The Morgan fingerprint density at radius 1 is 0.346 bits per heavy atom. The topological polar surface area (TPSA) is 102 Å². The minimum atomic E-state index is 0.00486. The second-order valence-electron chi connectivity index (χ2n) is 26.5. The Kier molecular flexibility index (Phi) is 54.8. The van der Waals surface area contributed by atoms with Crippen molar-refractivity contribution in [2.75, 3.05) is 46.6 Å². The molecular formula is C73H141NO7. The molecular weight excluding hydrogens is 1000 g/mol. The Balaban J connectivity index is 0.000000832. The minimum Gasteiger partial charge on any atom is -0.465 e. The van der Waals surface area contributed by atoms with Crippen molar-refractivity contribution in [1.29, 1.82) is 0 Å². The standard InChI is InChI=1S/C40H75NO4.C33H66O3/c1-5-8-11-13-14-15-18-22-27-35(33-45-40(43)39-36-30-41(4)31-37(36)39)28-23-19-16-17-20-24-29-38(42)44-32-34(25-10-7-3)26-21-12-9-6-2;1-4-7-10-12-13-14-17-21-25-31(29-34)26-22-18-15-16-19-23-28-33(35)36-30-32(24-9-6-3)27-20-11-8-5-2/h34-37,39H,5-33H2,1-4H3;31-32,34H,4-30H2,1-3H3/t34?,35?,36-,37+,39?;. The molecule has 0 aromatic rings. The van der Waals surface area contributed by atoms with Crippen molar-refractivity contribution in [3.8, 4) is 0 Å². The second kappa shape index (κ2) is 57.4. The van der Waals surface area contributed by atoms with E-state index in [1.54, 1.807) is 0 Å². The number of fused-ring (bicyclic) bond motifs is 1. The molecule has 0 spiro atoms. The molecule has 0 radical (unpaired) electrons. The first-order valence-corrected chi connectivity index (χ1v) is 36.4. The van der Waals surface area contributed by atoms with Crippen LogP contribution in [0.3, 0.4) is 0 Å². The highest BCUT2D eigenvalue weighted by molar-refractivity contribution is 5.77. The van der Waals surface area contributed by atoms with Crippen LogP contribution in [0.2, 0.25) is 0 Å². The first kappa shape index (κ1) is 77.3. The van der Waals surface area contributed by atoms with E-state index in [1.807, 2.05) is 0 Å². The van der Waals surface area contributed by atoms with Gasteiger partial charge < -0.3 is 24.2 Å². The zero-order valence-electron chi connectivity index (χ0n) is 55.5. The zero-order valence-corrected chi connectivity index (χ0v) is 55.5. The Morgan fingerprint density at radius 2 is 0.593 bits per heavy atom. The van der Waals surface area contributed by atoms with Gasteiger partial charge in [-0.25, -0.2) is 0 Å². The fourth-order valence-corrected chi connectivity index (χ4v) is 12.9. The van der Waals surface area contributed by atoms with E-state index in [9.17, 15) is 19.5 Å². The van der Waals surface area contributed by atoms with Crippen LogP contribution in [0.4, 0.5) is 0 Å². The molecule has 2 fully saturated rings. The van der Waals surface area contributed by atoms with E-state index in [2.05, 4.69) is 53.5 Å². The van der Waals surface area contributed by atoms with Gasteiger partial charge in [0.05, 0.1) is 25.7 Å². The lowest BCUT2D eigenvalue weighted by Gasteiger charge is -2.18. The SMILES string of the molecule is CCCCCCCCCCC(CCCCCCCCC(=O)OCC(CCCC)CCCCCC)COC(=O)C1[C@H]2CN(C)C[C@@H]12.CCCCCCCCCCC(CO)CCCCCCCCC(=O)OCC(CCCC)CCCCCC. The number of nitrogens with zero attached hydrogens (tertiary/aromatic N) is 1.